The lowest BCUT2D eigenvalue weighted by Gasteiger charge is -2.42. The lowest BCUT2D eigenvalue weighted by atomic mass is 9.37. The summed E-state index contributed by atoms with van der Waals surface area (Å²) in [6.45, 7) is 2.01. The number of hydrogen-bond donors (Lipinski definition) is 0. The Morgan fingerprint density at radius 2 is 1.08 bits per heavy atom. The van der Waals surface area contributed by atoms with Gasteiger partial charge in [-0.1, -0.05) is 97.9 Å². The summed E-state index contributed by atoms with van der Waals surface area (Å²) in [7, 11) is 0. The fourth-order valence-corrected chi connectivity index (χ4v) is 8.72. The van der Waals surface area contributed by atoms with Crippen molar-refractivity contribution in [2.24, 2.45) is 5.92 Å². The second-order valence-electron chi connectivity index (χ2n) is 14.2. The molecule has 0 N–H and O–H groups in total. The molecule has 6 aromatic carbocycles. The highest BCUT2D eigenvalue weighted by atomic mass is 16.3. The summed E-state index contributed by atoms with van der Waals surface area (Å²) in [5, 5.41) is 2.14. The molecule has 2 aliphatic heterocycles. The van der Waals surface area contributed by atoms with Crippen molar-refractivity contribution in [2.45, 2.75) is 13.3 Å². The van der Waals surface area contributed by atoms with Gasteiger partial charge < -0.3 is 23.5 Å². The molecule has 5 nitrogen and oxygen atoms in total. The molecule has 2 aromatic heterocycles. The normalized spacial score (nSPS) is 15.7. The van der Waals surface area contributed by atoms with Crippen LogP contribution >= 0.6 is 0 Å². The van der Waals surface area contributed by atoms with Crippen LogP contribution in [0.4, 0.5) is 45.5 Å². The molecule has 0 spiro atoms. The molecule has 0 saturated heterocycles. The van der Waals surface area contributed by atoms with Crippen LogP contribution in [0.25, 0.3) is 21.9 Å². The third-order valence-electron chi connectivity index (χ3n) is 10.9. The van der Waals surface area contributed by atoms with Gasteiger partial charge in [-0.25, -0.2) is 0 Å². The molecule has 3 aliphatic rings. The smallest absolute Gasteiger partial charge is 0.342 e. The molecule has 0 fully saturated rings. The molecule has 6 heteroatoms. The monoisotopic (exact) mass is 683 g/mol. The molecular weight excluding hydrogens is 649 g/mol. The summed E-state index contributed by atoms with van der Waals surface area (Å²) in [6, 6.07) is 53.8. The Morgan fingerprint density at radius 3 is 1.60 bits per heavy atom. The van der Waals surface area contributed by atoms with E-state index in [-0.39, 0.29) is 6.71 Å². The van der Waals surface area contributed by atoms with E-state index >= 15 is 0 Å². The van der Waals surface area contributed by atoms with Crippen molar-refractivity contribution in [3.05, 3.63) is 176 Å². The number of anilines is 8. The van der Waals surface area contributed by atoms with Crippen molar-refractivity contribution in [3.63, 3.8) is 0 Å². The maximum absolute atomic E-state index is 6.99. The first-order valence-electron chi connectivity index (χ1n) is 18.4. The molecule has 0 saturated carbocycles. The Balaban J connectivity index is 1.30. The van der Waals surface area contributed by atoms with Crippen LogP contribution in [0, 0.1) is 5.92 Å². The van der Waals surface area contributed by atoms with E-state index < -0.39 is 0 Å². The summed E-state index contributed by atoms with van der Waals surface area (Å²) in [5.74, 6) is 0.419. The molecular formula is C47H34BN3O2. The molecule has 8 aromatic rings. The van der Waals surface area contributed by atoms with Crippen molar-refractivity contribution in [1.29, 1.82) is 0 Å². The van der Waals surface area contributed by atoms with E-state index in [9.17, 15) is 0 Å². The topological polar surface area (TPSA) is 36.0 Å². The largest absolute Gasteiger partial charge is 0.468 e. The number of benzene rings is 6. The van der Waals surface area contributed by atoms with E-state index in [4.69, 9.17) is 8.83 Å². The minimum Gasteiger partial charge on any atom is -0.468 e. The molecule has 0 radical (unpaired) electrons. The number of hydrogen-bond acceptors (Lipinski definition) is 5. The zero-order valence-electron chi connectivity index (χ0n) is 29.2. The van der Waals surface area contributed by atoms with E-state index in [1.165, 1.54) is 5.70 Å². The minimum atomic E-state index is -0.277. The van der Waals surface area contributed by atoms with Crippen LogP contribution in [0.1, 0.15) is 13.3 Å². The van der Waals surface area contributed by atoms with Gasteiger partial charge in [-0.05, 0) is 96.7 Å². The van der Waals surface area contributed by atoms with Crippen molar-refractivity contribution < 1.29 is 8.83 Å². The van der Waals surface area contributed by atoms with Crippen LogP contribution in [-0.2, 0) is 0 Å². The summed E-state index contributed by atoms with van der Waals surface area (Å²) in [6.07, 6.45) is 7.70. The van der Waals surface area contributed by atoms with E-state index in [0.29, 0.717) is 5.92 Å². The third kappa shape index (κ3) is 4.52. The second-order valence-corrected chi connectivity index (χ2v) is 14.2. The van der Waals surface area contributed by atoms with E-state index in [1.807, 2.05) is 0 Å². The van der Waals surface area contributed by atoms with Gasteiger partial charge in [0.15, 0.2) is 0 Å². The first-order chi connectivity index (χ1) is 26.2. The summed E-state index contributed by atoms with van der Waals surface area (Å²) in [4.78, 5) is 7.28. The fourth-order valence-electron chi connectivity index (χ4n) is 8.72. The number of furan rings is 2. The maximum Gasteiger partial charge on any atom is 0.342 e. The molecule has 1 unspecified atom stereocenters. The molecule has 4 heterocycles. The predicted octanol–water partition coefficient (Wildman–Crippen LogP) is 10.9. The maximum atomic E-state index is 6.99. The third-order valence-corrected chi connectivity index (χ3v) is 10.9. The van der Waals surface area contributed by atoms with Gasteiger partial charge in [0, 0.05) is 50.6 Å². The molecule has 252 valence electrons. The Hall–Kier alpha value is -6.66. The molecule has 11 rings (SSSR count). The van der Waals surface area contributed by atoms with Crippen LogP contribution in [0.15, 0.2) is 184 Å². The van der Waals surface area contributed by atoms with Gasteiger partial charge in [0.1, 0.15) is 22.5 Å². The molecule has 0 amide bonds. The molecule has 1 atom stereocenters. The highest BCUT2D eigenvalue weighted by molar-refractivity contribution is 6.99. The van der Waals surface area contributed by atoms with Crippen LogP contribution in [0.2, 0.25) is 0 Å². The zero-order chi connectivity index (χ0) is 35.0. The lowest BCUT2D eigenvalue weighted by Crippen LogP contribution is -2.60. The zero-order valence-corrected chi connectivity index (χ0v) is 29.2. The number of rotatable bonds is 5. The standard InChI is InChI=1S/C47H34BN3O2/c1-31-16-15-23-35(28-31)49(32-17-5-2-6-18-32)36-29-39-43-40(30-36)51(34-21-9-4-10-22-34)45-38-25-12-14-27-42(38)53-47(45)48(43)46-44(37-24-11-13-26-41(37)52-46)50(39)33-19-7-3-8-20-33/h2-27,29-31H,28H2,1H3. The number of fused-ring (bicyclic) bond motifs is 8. The van der Waals surface area contributed by atoms with Gasteiger partial charge in [0.25, 0.3) is 0 Å². The number of nitrogens with zero attached hydrogens (tertiary/aromatic N) is 3. The highest BCUT2D eigenvalue weighted by Gasteiger charge is 2.50. The van der Waals surface area contributed by atoms with Crippen molar-refractivity contribution in [2.75, 3.05) is 14.7 Å². The Labute approximate surface area is 308 Å². The van der Waals surface area contributed by atoms with Crippen molar-refractivity contribution in [1.82, 2.24) is 0 Å². The first kappa shape index (κ1) is 30.0. The van der Waals surface area contributed by atoms with E-state index in [2.05, 4.69) is 192 Å². The van der Waals surface area contributed by atoms with Gasteiger partial charge >= 0.3 is 6.71 Å². The number of para-hydroxylation sites is 5. The Kier molecular flexibility index (Phi) is 6.62. The fraction of sp³-hybridized carbons (Fsp3) is 0.0638. The average molecular weight is 684 g/mol. The van der Waals surface area contributed by atoms with Gasteiger partial charge in [-0.2, -0.15) is 0 Å². The molecule has 53 heavy (non-hydrogen) atoms. The predicted molar refractivity (Wildman–Crippen MR) is 220 cm³/mol. The quantitative estimate of drug-likeness (QED) is 0.169. The Morgan fingerprint density at radius 1 is 0.585 bits per heavy atom. The summed E-state index contributed by atoms with van der Waals surface area (Å²) in [5.41, 5.74) is 14.5. The van der Waals surface area contributed by atoms with Crippen LogP contribution in [-0.4, -0.2) is 6.71 Å². The van der Waals surface area contributed by atoms with Crippen LogP contribution < -0.4 is 31.5 Å². The van der Waals surface area contributed by atoms with Gasteiger partial charge in [-0.3, -0.25) is 0 Å². The summed E-state index contributed by atoms with van der Waals surface area (Å²) < 4.78 is 14.0. The molecule has 1 aliphatic carbocycles. The van der Waals surface area contributed by atoms with Crippen LogP contribution in [0.5, 0.6) is 0 Å². The number of allylic oxidation sites excluding steroid dienone is 4. The van der Waals surface area contributed by atoms with E-state index in [0.717, 1.165) is 90.6 Å². The van der Waals surface area contributed by atoms with Crippen LogP contribution in [0.3, 0.4) is 0 Å². The van der Waals surface area contributed by atoms with Gasteiger partial charge in [0.05, 0.1) is 11.4 Å². The highest BCUT2D eigenvalue weighted by Crippen LogP contribution is 2.50. The van der Waals surface area contributed by atoms with Crippen molar-refractivity contribution >= 4 is 90.9 Å². The van der Waals surface area contributed by atoms with E-state index in [1.54, 1.807) is 0 Å². The SMILES string of the molecule is CC1C=CC=C(N(c2ccccc2)c2cc3c4c(c2)N(c2ccccc2)c2c(oc5ccccc25)B4c2oc4ccccc4c2N3c2ccccc2)C1. The van der Waals surface area contributed by atoms with Gasteiger partial charge in [0.2, 0.25) is 0 Å². The van der Waals surface area contributed by atoms with Gasteiger partial charge in [-0.15, -0.1) is 0 Å². The minimum absolute atomic E-state index is 0.277. The second kappa shape index (κ2) is 11.7. The Bertz CT molecular complexity index is 2600. The summed E-state index contributed by atoms with van der Waals surface area (Å²) >= 11 is 0. The lowest BCUT2D eigenvalue weighted by molar-refractivity contribution is 0.637. The van der Waals surface area contributed by atoms with Crippen molar-refractivity contribution in [3.8, 4) is 0 Å². The average Bonchev–Trinajstić information content (AvgIpc) is 3.78. The first-order valence-corrected chi connectivity index (χ1v) is 18.4. The molecule has 0 bridgehead atoms.